The third-order valence-electron chi connectivity index (χ3n) is 7.42. The number of rotatable bonds is 13. The molecule has 2 aliphatic rings. The fourth-order valence-electron chi connectivity index (χ4n) is 4.60. The van der Waals surface area contributed by atoms with Gasteiger partial charge in [-0.25, -0.2) is 0 Å². The lowest BCUT2D eigenvalue weighted by Crippen LogP contribution is -2.43. The van der Waals surface area contributed by atoms with Crippen molar-refractivity contribution in [1.82, 2.24) is 14.7 Å². The number of carbonyl (C=O) groups is 1. The van der Waals surface area contributed by atoms with Gasteiger partial charge in [0.15, 0.2) is 6.54 Å². The van der Waals surface area contributed by atoms with E-state index in [0.717, 1.165) is 42.6 Å². The molecule has 0 atom stereocenters. The van der Waals surface area contributed by atoms with E-state index in [1.54, 1.807) is 12.1 Å². The van der Waals surface area contributed by atoms with Gasteiger partial charge >= 0.3 is 5.65 Å². The van der Waals surface area contributed by atoms with Gasteiger partial charge < -0.3 is 19.6 Å². The van der Waals surface area contributed by atoms with E-state index in [2.05, 4.69) is 44.8 Å². The van der Waals surface area contributed by atoms with Crippen molar-refractivity contribution in [3.05, 3.63) is 46.6 Å². The number of fused-ring (bicyclic) bond motifs is 1. The fraction of sp³-hybridized carbons (Fsp3) is 0.600. The minimum absolute atomic E-state index is 0.00834. The number of ether oxygens (including phenoxy) is 3. The summed E-state index contributed by atoms with van der Waals surface area (Å²) >= 11 is 0. The summed E-state index contributed by atoms with van der Waals surface area (Å²) in [7, 11) is 0. The molecule has 0 radical (unpaired) electrons. The predicted molar refractivity (Wildman–Crippen MR) is 145 cm³/mol. The van der Waals surface area contributed by atoms with E-state index in [0.29, 0.717) is 42.3 Å². The molecule has 2 fully saturated rings. The molecule has 2 aliphatic carbocycles. The van der Waals surface area contributed by atoms with E-state index in [9.17, 15) is 4.79 Å². The van der Waals surface area contributed by atoms with Gasteiger partial charge in [-0.15, -0.1) is 0 Å². The largest absolute Gasteiger partial charge is 0.493 e. The minimum atomic E-state index is -0.221. The summed E-state index contributed by atoms with van der Waals surface area (Å²) in [5, 5.41) is 17.1. The molecule has 0 aliphatic heterocycles. The van der Waals surface area contributed by atoms with Crippen LogP contribution in [0.3, 0.4) is 0 Å². The molecule has 0 bridgehead atoms. The highest BCUT2D eigenvalue weighted by Gasteiger charge is 2.29. The van der Waals surface area contributed by atoms with Crippen LogP contribution in [-0.2, 0) is 23.3 Å². The Balaban J connectivity index is 1.44. The third kappa shape index (κ3) is 6.52. The van der Waals surface area contributed by atoms with Crippen LogP contribution in [0.15, 0.2) is 24.3 Å². The zero-order valence-corrected chi connectivity index (χ0v) is 23.8. The van der Waals surface area contributed by atoms with Crippen molar-refractivity contribution >= 4 is 11.4 Å². The molecule has 0 amide bonds. The van der Waals surface area contributed by atoms with Crippen LogP contribution >= 0.6 is 0 Å². The lowest BCUT2D eigenvalue weighted by Gasteiger charge is -2.26. The second-order valence-corrected chi connectivity index (χ2v) is 11.9. The normalized spacial score (nSPS) is 15.7. The lowest BCUT2D eigenvalue weighted by atomic mass is 9.83. The molecule has 0 spiro atoms. The molecule has 1 aromatic carbocycles. The van der Waals surface area contributed by atoms with Crippen LogP contribution in [0.4, 0.5) is 0 Å². The molecule has 0 saturated heterocycles. The first-order chi connectivity index (χ1) is 18.7. The molecule has 1 N–H and O–H groups in total. The molecule has 3 aromatic rings. The monoisotopic (exact) mass is 535 g/mol. The van der Waals surface area contributed by atoms with Gasteiger partial charge in [0.1, 0.15) is 11.9 Å². The third-order valence-corrected chi connectivity index (χ3v) is 7.42. The highest BCUT2D eigenvalue weighted by Crippen LogP contribution is 2.39. The molecule has 2 saturated carbocycles. The number of Topliss-reactive ketones (excluding diaryl/α,β-unsaturated/α-hetero) is 1. The van der Waals surface area contributed by atoms with Crippen LogP contribution in [0.5, 0.6) is 11.6 Å². The van der Waals surface area contributed by atoms with Crippen molar-refractivity contribution in [3.63, 3.8) is 0 Å². The number of benzene rings is 1. The van der Waals surface area contributed by atoms with Crippen molar-refractivity contribution in [3.8, 4) is 11.6 Å². The van der Waals surface area contributed by atoms with Crippen LogP contribution in [0, 0.1) is 11.3 Å². The van der Waals surface area contributed by atoms with Crippen LogP contribution < -0.4 is 24.9 Å². The van der Waals surface area contributed by atoms with E-state index in [4.69, 9.17) is 19.6 Å². The Kier molecular flexibility index (Phi) is 7.80. The van der Waals surface area contributed by atoms with E-state index in [-0.39, 0.29) is 29.5 Å². The number of ketones is 1. The summed E-state index contributed by atoms with van der Waals surface area (Å²) in [5.41, 5.74) is 2.81. The molecule has 210 valence electrons. The van der Waals surface area contributed by atoms with Gasteiger partial charge in [0.25, 0.3) is 5.88 Å². The molecule has 9 nitrogen and oxygen atoms in total. The maximum atomic E-state index is 13.7. The van der Waals surface area contributed by atoms with Crippen molar-refractivity contribution in [2.75, 3.05) is 6.61 Å². The van der Waals surface area contributed by atoms with E-state index < -0.39 is 0 Å². The summed E-state index contributed by atoms with van der Waals surface area (Å²) in [4.78, 5) is 13.7. The van der Waals surface area contributed by atoms with Crippen LogP contribution in [0.2, 0.25) is 0 Å². The smallest absolute Gasteiger partial charge is 0.317 e. The summed E-state index contributed by atoms with van der Waals surface area (Å²) in [6.07, 6.45) is 6.70. The first-order valence-electron chi connectivity index (χ1n) is 14.3. The molecule has 9 heteroatoms. The van der Waals surface area contributed by atoms with E-state index in [1.165, 1.54) is 22.0 Å². The van der Waals surface area contributed by atoms with Gasteiger partial charge in [-0.05, 0) is 67.1 Å². The zero-order valence-electron chi connectivity index (χ0n) is 23.8. The molecule has 2 heterocycles. The van der Waals surface area contributed by atoms with E-state index >= 15 is 0 Å². The quantitative estimate of drug-likeness (QED) is 0.259. The Labute approximate surface area is 230 Å². The molecular weight excluding hydrogens is 494 g/mol. The highest BCUT2D eigenvalue weighted by atomic mass is 16.5. The maximum Gasteiger partial charge on any atom is 0.317 e. The van der Waals surface area contributed by atoms with Crippen LogP contribution in [0.1, 0.15) is 94.6 Å². The average Bonchev–Trinajstić information content (AvgIpc) is 3.84. The number of hydrogen-bond acceptors (Lipinski definition) is 6. The first kappa shape index (κ1) is 27.4. The molecule has 2 aromatic heterocycles. The lowest BCUT2D eigenvalue weighted by molar-refractivity contribution is -0.721. The number of aromatic nitrogens is 4. The predicted octanol–water partition coefficient (Wildman–Crippen LogP) is 4.27. The van der Waals surface area contributed by atoms with E-state index in [1.807, 2.05) is 12.1 Å². The second kappa shape index (κ2) is 11.1. The maximum absolute atomic E-state index is 13.7. The highest BCUT2D eigenvalue weighted by molar-refractivity contribution is 5.96. The van der Waals surface area contributed by atoms with Crippen LogP contribution in [0.25, 0.3) is 5.65 Å². The van der Waals surface area contributed by atoms with Crippen molar-refractivity contribution < 1.29 is 23.7 Å². The SMILES string of the molecule is CCC(CC)Oc1ccc2n(n1)c(=N)[n-][n+]2CC(=O)c1cc(COC2CC2)c(OCC2CC2)c(C(C)(C)C)c1. The Morgan fingerprint density at radius 2 is 1.92 bits per heavy atom. The van der Waals surface area contributed by atoms with Crippen LogP contribution in [-0.4, -0.2) is 34.2 Å². The Morgan fingerprint density at radius 3 is 2.56 bits per heavy atom. The number of hydrogen-bond donors (Lipinski definition) is 1. The molecule has 5 rings (SSSR count). The summed E-state index contributed by atoms with van der Waals surface area (Å²) in [5.74, 6) is 1.83. The van der Waals surface area contributed by atoms with Gasteiger partial charge in [0.05, 0.1) is 19.3 Å². The van der Waals surface area contributed by atoms with Gasteiger partial charge in [-0.2, -0.15) is 9.78 Å². The average molecular weight is 536 g/mol. The number of nitrogens with one attached hydrogen (secondary N) is 1. The summed E-state index contributed by atoms with van der Waals surface area (Å²) in [6, 6.07) is 7.45. The topological polar surface area (TPSA) is 104 Å². The second-order valence-electron chi connectivity index (χ2n) is 11.9. The number of nitrogens with zero attached hydrogens (tertiary/aromatic N) is 4. The Morgan fingerprint density at radius 1 is 1.18 bits per heavy atom. The standard InChI is InChI=1S/C30H41N5O4/c1-6-22(7-2)39-26-12-13-27-34(33-29(31)35(27)32-26)16-25(36)20-14-21(18-37-23-10-11-23)28(38-17-19-8-9-19)24(15-20)30(3,4)5/h12-15,19,22-23,31H,6-11,16-18H2,1-5H3. The molecule has 0 unspecified atom stereocenters. The van der Waals surface area contributed by atoms with Crippen molar-refractivity contribution in [2.24, 2.45) is 5.92 Å². The first-order valence-corrected chi connectivity index (χ1v) is 14.3. The minimum Gasteiger partial charge on any atom is -0.493 e. The molecular formula is C30H41N5O4. The van der Waals surface area contributed by atoms with Crippen molar-refractivity contribution in [1.29, 1.82) is 5.41 Å². The zero-order chi connectivity index (χ0) is 27.7. The number of carbonyl (C=O) groups excluding carboxylic acids is 1. The van der Waals surface area contributed by atoms with Gasteiger partial charge in [0, 0.05) is 28.8 Å². The Hall–Kier alpha value is -3.20. The Bertz CT molecular complexity index is 1390. The van der Waals surface area contributed by atoms with Crippen molar-refractivity contribution in [2.45, 2.75) is 104 Å². The van der Waals surface area contributed by atoms with Gasteiger partial charge in [-0.3, -0.25) is 4.79 Å². The summed E-state index contributed by atoms with van der Waals surface area (Å²) < 4.78 is 21.4. The summed E-state index contributed by atoms with van der Waals surface area (Å²) in [6.45, 7) is 11.7. The fourth-order valence-corrected chi connectivity index (χ4v) is 4.60. The van der Waals surface area contributed by atoms with Gasteiger partial charge in [-0.1, -0.05) is 39.1 Å². The molecule has 39 heavy (non-hydrogen) atoms. The van der Waals surface area contributed by atoms with Gasteiger partial charge in [0.2, 0.25) is 11.4 Å².